The molecule has 0 bridgehead atoms. The van der Waals surface area contributed by atoms with E-state index in [2.05, 4.69) is 29.3 Å². The molecule has 2 rings (SSSR count). The van der Waals surface area contributed by atoms with Gasteiger partial charge in [0.25, 0.3) is 0 Å². The number of rotatable bonds is 3. The number of benzene rings is 1. The van der Waals surface area contributed by atoms with Crippen molar-refractivity contribution in [3.63, 3.8) is 0 Å². The summed E-state index contributed by atoms with van der Waals surface area (Å²) in [4.78, 5) is 2.29. The minimum Gasteiger partial charge on any atom is -0.390 e. The highest BCUT2D eigenvalue weighted by Crippen LogP contribution is 2.31. The third-order valence-electron chi connectivity index (χ3n) is 4.09. The number of nitrogens with zero attached hydrogens (tertiary/aromatic N) is 1. The van der Waals surface area contributed by atoms with E-state index in [4.69, 9.17) is 11.6 Å². The molecule has 1 aliphatic heterocycles. The fourth-order valence-corrected chi connectivity index (χ4v) is 2.80. The molecule has 0 radical (unpaired) electrons. The lowest BCUT2D eigenvalue weighted by Gasteiger charge is -2.37. The lowest BCUT2D eigenvalue weighted by atomic mass is 9.93. The van der Waals surface area contributed by atoms with Crippen LogP contribution < -0.4 is 10.2 Å². The number of nitrogens with one attached hydrogen (secondary N) is 1. The molecule has 1 saturated heterocycles. The Kier molecular flexibility index (Phi) is 4.39. The second-order valence-corrected chi connectivity index (χ2v) is 6.11. The van der Waals surface area contributed by atoms with Gasteiger partial charge in [-0.25, -0.2) is 0 Å². The van der Waals surface area contributed by atoms with Crippen LogP contribution in [0.15, 0.2) is 18.2 Å². The number of halogens is 1. The molecule has 1 aromatic carbocycles. The van der Waals surface area contributed by atoms with E-state index in [-0.39, 0.29) is 6.04 Å². The van der Waals surface area contributed by atoms with Gasteiger partial charge in [-0.15, -0.1) is 0 Å². The zero-order valence-corrected chi connectivity index (χ0v) is 12.7. The van der Waals surface area contributed by atoms with Crippen molar-refractivity contribution in [3.05, 3.63) is 28.8 Å². The lowest BCUT2D eigenvalue weighted by molar-refractivity contribution is 0.0351. The molecular formula is C15H23ClN2O. The van der Waals surface area contributed by atoms with E-state index in [1.807, 2.05) is 20.0 Å². The van der Waals surface area contributed by atoms with E-state index in [0.717, 1.165) is 42.2 Å². The van der Waals surface area contributed by atoms with Crippen LogP contribution in [0.1, 0.15) is 38.3 Å². The zero-order valence-electron chi connectivity index (χ0n) is 11.9. The Labute approximate surface area is 120 Å². The molecule has 1 fully saturated rings. The maximum Gasteiger partial charge on any atom is 0.0653 e. The molecule has 1 aromatic rings. The van der Waals surface area contributed by atoms with Crippen molar-refractivity contribution >= 4 is 17.3 Å². The molecule has 4 heteroatoms. The van der Waals surface area contributed by atoms with Gasteiger partial charge >= 0.3 is 0 Å². The number of aliphatic hydroxyl groups is 1. The Bertz CT molecular complexity index is 438. The summed E-state index contributed by atoms with van der Waals surface area (Å²) in [5.41, 5.74) is 1.76. The second kappa shape index (κ2) is 5.70. The van der Waals surface area contributed by atoms with Gasteiger partial charge in [-0.1, -0.05) is 17.7 Å². The van der Waals surface area contributed by atoms with Crippen LogP contribution >= 0.6 is 11.6 Å². The van der Waals surface area contributed by atoms with E-state index in [1.54, 1.807) is 0 Å². The topological polar surface area (TPSA) is 35.5 Å². The molecule has 19 heavy (non-hydrogen) atoms. The van der Waals surface area contributed by atoms with Gasteiger partial charge in [0, 0.05) is 29.8 Å². The minimum atomic E-state index is -0.513. The molecule has 1 aliphatic rings. The molecule has 2 N–H and O–H groups in total. The van der Waals surface area contributed by atoms with Gasteiger partial charge in [0.1, 0.15) is 0 Å². The standard InChI is InChI=1S/C15H23ClN2O/c1-11(17-3)13-5-4-12(10-14(13)16)18-8-6-15(2,19)7-9-18/h4-5,10-11,17,19H,6-9H2,1-3H3. The van der Waals surface area contributed by atoms with Crippen molar-refractivity contribution in [2.75, 3.05) is 25.0 Å². The van der Waals surface area contributed by atoms with Gasteiger partial charge in [0.2, 0.25) is 0 Å². The van der Waals surface area contributed by atoms with Crippen molar-refractivity contribution in [2.45, 2.75) is 38.3 Å². The van der Waals surface area contributed by atoms with Crippen LogP contribution in [0.2, 0.25) is 5.02 Å². The van der Waals surface area contributed by atoms with Gasteiger partial charge in [0.15, 0.2) is 0 Å². The number of piperidine rings is 1. The first-order valence-electron chi connectivity index (χ1n) is 6.87. The Morgan fingerprint density at radius 3 is 2.53 bits per heavy atom. The fourth-order valence-electron chi connectivity index (χ4n) is 2.47. The van der Waals surface area contributed by atoms with Crippen LogP contribution in [0.5, 0.6) is 0 Å². The Balaban J connectivity index is 2.12. The van der Waals surface area contributed by atoms with Crippen molar-refractivity contribution in [2.24, 2.45) is 0 Å². The van der Waals surface area contributed by atoms with Gasteiger partial charge < -0.3 is 15.3 Å². The molecule has 0 spiro atoms. The Morgan fingerprint density at radius 1 is 1.37 bits per heavy atom. The summed E-state index contributed by atoms with van der Waals surface area (Å²) >= 11 is 6.36. The molecule has 3 nitrogen and oxygen atoms in total. The second-order valence-electron chi connectivity index (χ2n) is 5.70. The molecule has 0 amide bonds. The first-order valence-corrected chi connectivity index (χ1v) is 7.25. The molecule has 1 heterocycles. The largest absolute Gasteiger partial charge is 0.390 e. The Morgan fingerprint density at radius 2 is 2.00 bits per heavy atom. The summed E-state index contributed by atoms with van der Waals surface area (Å²) in [6.45, 7) is 5.77. The minimum absolute atomic E-state index is 0.253. The molecular weight excluding hydrogens is 260 g/mol. The highest BCUT2D eigenvalue weighted by atomic mass is 35.5. The highest BCUT2D eigenvalue weighted by Gasteiger charge is 2.27. The van der Waals surface area contributed by atoms with Crippen molar-refractivity contribution < 1.29 is 5.11 Å². The summed E-state index contributed by atoms with van der Waals surface area (Å²) < 4.78 is 0. The van der Waals surface area contributed by atoms with Crippen LogP contribution in [-0.4, -0.2) is 30.8 Å². The third-order valence-corrected chi connectivity index (χ3v) is 4.42. The first-order chi connectivity index (χ1) is 8.93. The normalized spacial score (nSPS) is 20.4. The van der Waals surface area contributed by atoms with Crippen molar-refractivity contribution in [1.29, 1.82) is 0 Å². The van der Waals surface area contributed by atoms with Crippen molar-refractivity contribution in [1.82, 2.24) is 5.32 Å². The monoisotopic (exact) mass is 282 g/mol. The summed E-state index contributed by atoms with van der Waals surface area (Å²) in [5.74, 6) is 0. The molecule has 1 atom stereocenters. The van der Waals surface area contributed by atoms with Gasteiger partial charge in [-0.2, -0.15) is 0 Å². The van der Waals surface area contributed by atoms with Crippen LogP contribution in [0.4, 0.5) is 5.69 Å². The fraction of sp³-hybridized carbons (Fsp3) is 0.600. The van der Waals surface area contributed by atoms with Gasteiger partial charge in [-0.05, 0) is 51.4 Å². The van der Waals surface area contributed by atoms with E-state index in [9.17, 15) is 5.11 Å². The van der Waals surface area contributed by atoms with Crippen LogP contribution in [-0.2, 0) is 0 Å². The lowest BCUT2D eigenvalue weighted by Crippen LogP contribution is -2.42. The van der Waals surface area contributed by atoms with E-state index in [0.29, 0.717) is 0 Å². The summed E-state index contributed by atoms with van der Waals surface area (Å²) in [5, 5.41) is 14.0. The molecule has 0 aliphatic carbocycles. The number of hydrogen-bond acceptors (Lipinski definition) is 3. The van der Waals surface area contributed by atoms with Crippen LogP contribution in [0, 0.1) is 0 Å². The predicted octanol–water partition coefficient (Wildman–Crippen LogP) is 2.97. The highest BCUT2D eigenvalue weighted by molar-refractivity contribution is 6.31. The van der Waals surface area contributed by atoms with E-state index < -0.39 is 5.60 Å². The summed E-state index contributed by atoms with van der Waals surface area (Å²) in [7, 11) is 1.93. The first kappa shape index (κ1) is 14.6. The smallest absolute Gasteiger partial charge is 0.0653 e. The average molecular weight is 283 g/mol. The maximum absolute atomic E-state index is 9.98. The maximum atomic E-state index is 9.98. The van der Waals surface area contributed by atoms with E-state index >= 15 is 0 Å². The molecule has 0 aromatic heterocycles. The van der Waals surface area contributed by atoms with Gasteiger partial charge in [0.05, 0.1) is 5.60 Å². The molecule has 106 valence electrons. The SMILES string of the molecule is CNC(C)c1ccc(N2CCC(C)(O)CC2)cc1Cl. The third kappa shape index (κ3) is 3.41. The average Bonchev–Trinajstić information content (AvgIpc) is 2.37. The van der Waals surface area contributed by atoms with E-state index in [1.165, 1.54) is 0 Å². The summed E-state index contributed by atoms with van der Waals surface area (Å²) in [6, 6.07) is 6.49. The van der Waals surface area contributed by atoms with Crippen LogP contribution in [0.25, 0.3) is 0 Å². The quantitative estimate of drug-likeness (QED) is 0.895. The van der Waals surface area contributed by atoms with Gasteiger partial charge in [-0.3, -0.25) is 0 Å². The van der Waals surface area contributed by atoms with Crippen molar-refractivity contribution in [3.8, 4) is 0 Å². The zero-order chi connectivity index (χ0) is 14.0. The molecule has 0 saturated carbocycles. The number of anilines is 1. The predicted molar refractivity (Wildman–Crippen MR) is 81.0 cm³/mol. The summed E-state index contributed by atoms with van der Waals surface area (Å²) in [6.07, 6.45) is 1.61. The Hall–Kier alpha value is -0.770. The number of hydrogen-bond donors (Lipinski definition) is 2. The van der Waals surface area contributed by atoms with Crippen LogP contribution in [0.3, 0.4) is 0 Å². The molecule has 1 unspecified atom stereocenters.